The molecule has 1 aromatic carbocycles. The smallest absolute Gasteiger partial charge is 0.270 e. The normalized spacial score (nSPS) is 11.6. The van der Waals surface area contributed by atoms with Gasteiger partial charge in [0, 0.05) is 43.0 Å². The van der Waals surface area contributed by atoms with Crippen LogP contribution in [0.3, 0.4) is 0 Å². The summed E-state index contributed by atoms with van der Waals surface area (Å²) in [5.74, 6) is -2.55. The molecule has 0 spiro atoms. The van der Waals surface area contributed by atoms with E-state index in [9.17, 15) is 9.59 Å². The second-order valence-electron chi connectivity index (χ2n) is 5.80. The molecule has 0 fully saturated rings. The Morgan fingerprint density at radius 2 is 1.96 bits per heavy atom. The van der Waals surface area contributed by atoms with E-state index in [4.69, 9.17) is 10.8 Å². The predicted octanol–water partition coefficient (Wildman–Crippen LogP) is 1.97. The summed E-state index contributed by atoms with van der Waals surface area (Å²) in [6, 6.07) is 13.1. The first kappa shape index (κ1) is 18.0. The first-order chi connectivity index (χ1) is 13.0. The number of rotatable bonds is 6. The van der Waals surface area contributed by atoms with Gasteiger partial charge in [0.1, 0.15) is 17.3 Å². The fourth-order valence-electron chi connectivity index (χ4n) is 2.59. The average Bonchev–Trinajstić information content (AvgIpc) is 3.12. The van der Waals surface area contributed by atoms with Gasteiger partial charge in [-0.3, -0.25) is 15.0 Å². The number of carbonyl (C=O) groups excluding carboxylic acids is 2. The molecule has 0 aliphatic heterocycles. The first-order valence-electron chi connectivity index (χ1n) is 8.19. The van der Waals surface area contributed by atoms with E-state index in [1.165, 1.54) is 7.05 Å². The van der Waals surface area contributed by atoms with Gasteiger partial charge < -0.3 is 20.4 Å². The molecule has 1 unspecified atom stereocenters. The van der Waals surface area contributed by atoms with Crippen LogP contribution in [0.25, 0.3) is 16.9 Å². The zero-order valence-corrected chi connectivity index (χ0v) is 14.6. The third-order valence-electron chi connectivity index (χ3n) is 4.04. The van der Waals surface area contributed by atoms with Crippen LogP contribution in [0.15, 0.2) is 54.9 Å². The van der Waals surface area contributed by atoms with E-state index in [0.29, 0.717) is 11.3 Å². The first-order valence-corrected chi connectivity index (χ1v) is 8.19. The Bertz CT molecular complexity index is 1030. The van der Waals surface area contributed by atoms with Crippen LogP contribution in [0.1, 0.15) is 0 Å². The highest BCUT2D eigenvalue weighted by molar-refractivity contribution is 6.48. The molecule has 8 heteroatoms. The number of nitrogens with zero attached hydrogens (tertiary/aromatic N) is 2. The Balaban J connectivity index is 1.81. The van der Waals surface area contributed by atoms with Gasteiger partial charge >= 0.3 is 0 Å². The molecule has 2 amide bonds. The van der Waals surface area contributed by atoms with Crippen LogP contribution in [0.5, 0.6) is 0 Å². The number of fused-ring (bicyclic) bond motifs is 1. The minimum absolute atomic E-state index is 0.447. The zero-order valence-electron chi connectivity index (χ0n) is 14.6. The molecule has 0 bridgehead atoms. The Morgan fingerprint density at radius 1 is 1.22 bits per heavy atom. The third-order valence-corrected chi connectivity index (χ3v) is 4.04. The van der Waals surface area contributed by atoms with Gasteiger partial charge in [0.2, 0.25) is 5.91 Å². The Morgan fingerprint density at radius 3 is 2.63 bits per heavy atom. The molecule has 4 N–H and O–H groups in total. The van der Waals surface area contributed by atoms with Gasteiger partial charge in [-0.2, -0.15) is 0 Å². The lowest BCUT2D eigenvalue weighted by molar-refractivity contribution is -0.121. The van der Waals surface area contributed by atoms with Crippen molar-refractivity contribution in [3.05, 3.63) is 54.9 Å². The Kier molecular flexibility index (Phi) is 5.07. The number of carbonyl (C=O) groups is 2. The second-order valence-corrected chi connectivity index (χ2v) is 5.80. The largest absolute Gasteiger partial charge is 0.358 e. The highest BCUT2D eigenvalue weighted by Gasteiger charge is 2.25. The van der Waals surface area contributed by atoms with Crippen LogP contribution < -0.4 is 10.6 Å². The van der Waals surface area contributed by atoms with E-state index in [2.05, 4.69) is 15.6 Å². The van der Waals surface area contributed by atoms with E-state index < -0.39 is 23.4 Å². The standard InChI is InChI=1S/C19H18N6O2/c1-22-18(26)14(10-20)17(21)19(27)23-13-7-8-25-11-15(24-16(25)9-13)12-5-3-2-4-6-12/h2-11,14,20-21H,1H3,(H,22,26)(H,23,27). The Hall–Kier alpha value is -3.81. The molecular formula is C19H18N6O2. The Labute approximate surface area is 155 Å². The molecular weight excluding hydrogens is 344 g/mol. The topological polar surface area (TPSA) is 123 Å². The number of nitrogens with one attached hydrogen (secondary N) is 4. The fraction of sp³-hybridized carbons (Fsp3) is 0.105. The minimum Gasteiger partial charge on any atom is -0.358 e. The molecule has 3 rings (SSSR count). The monoisotopic (exact) mass is 362 g/mol. The summed E-state index contributed by atoms with van der Waals surface area (Å²) < 4.78 is 1.83. The van der Waals surface area contributed by atoms with Crippen LogP contribution in [-0.4, -0.2) is 40.2 Å². The molecule has 0 saturated carbocycles. The van der Waals surface area contributed by atoms with Crippen LogP contribution >= 0.6 is 0 Å². The van der Waals surface area contributed by atoms with Crippen LogP contribution in [0.2, 0.25) is 0 Å². The fourth-order valence-corrected chi connectivity index (χ4v) is 2.59. The summed E-state index contributed by atoms with van der Waals surface area (Å²) in [6.45, 7) is 0. The third kappa shape index (κ3) is 3.74. The molecule has 0 saturated heterocycles. The summed E-state index contributed by atoms with van der Waals surface area (Å²) in [7, 11) is 1.39. The summed E-state index contributed by atoms with van der Waals surface area (Å²) >= 11 is 0. The SMILES string of the molecule is CNC(=O)C(C=N)C(=N)C(=O)Nc1ccn2cc(-c3ccccc3)nc2c1. The highest BCUT2D eigenvalue weighted by Crippen LogP contribution is 2.20. The van der Waals surface area contributed by atoms with E-state index in [0.717, 1.165) is 17.5 Å². The number of aromatic nitrogens is 2. The molecule has 0 aliphatic carbocycles. The van der Waals surface area contributed by atoms with E-state index >= 15 is 0 Å². The van der Waals surface area contributed by atoms with Gasteiger partial charge in [0.05, 0.1) is 5.69 Å². The van der Waals surface area contributed by atoms with Crippen molar-refractivity contribution in [1.82, 2.24) is 14.7 Å². The lowest BCUT2D eigenvalue weighted by atomic mass is 10.0. The zero-order chi connectivity index (χ0) is 19.4. The van der Waals surface area contributed by atoms with Gasteiger partial charge in [0.25, 0.3) is 5.91 Å². The van der Waals surface area contributed by atoms with Crippen molar-refractivity contribution >= 4 is 35.1 Å². The van der Waals surface area contributed by atoms with E-state index in [1.54, 1.807) is 18.3 Å². The molecule has 27 heavy (non-hydrogen) atoms. The minimum atomic E-state index is -1.23. The summed E-state index contributed by atoms with van der Waals surface area (Å²) in [4.78, 5) is 28.5. The number of pyridine rings is 1. The predicted molar refractivity (Wildman–Crippen MR) is 103 cm³/mol. The molecule has 1 atom stereocenters. The van der Waals surface area contributed by atoms with Crippen LogP contribution in [0, 0.1) is 16.7 Å². The van der Waals surface area contributed by atoms with Crippen LogP contribution in [-0.2, 0) is 9.59 Å². The summed E-state index contributed by atoms with van der Waals surface area (Å²) in [5, 5.41) is 20.0. The number of imidazole rings is 1. The van der Waals surface area contributed by atoms with Crippen molar-refractivity contribution in [1.29, 1.82) is 10.8 Å². The van der Waals surface area contributed by atoms with Crippen molar-refractivity contribution < 1.29 is 9.59 Å². The number of anilines is 1. The van der Waals surface area contributed by atoms with E-state index in [-0.39, 0.29) is 0 Å². The number of hydrogen-bond donors (Lipinski definition) is 4. The maximum Gasteiger partial charge on any atom is 0.270 e. The maximum absolute atomic E-state index is 12.2. The lowest BCUT2D eigenvalue weighted by Gasteiger charge is -2.12. The second kappa shape index (κ2) is 7.61. The van der Waals surface area contributed by atoms with Crippen molar-refractivity contribution in [2.24, 2.45) is 5.92 Å². The molecule has 8 nitrogen and oxygen atoms in total. The molecule has 0 aliphatic rings. The number of amides is 2. The molecule has 136 valence electrons. The number of benzene rings is 1. The van der Waals surface area contributed by atoms with Crippen molar-refractivity contribution in [2.75, 3.05) is 12.4 Å². The van der Waals surface area contributed by atoms with Crippen LogP contribution in [0.4, 0.5) is 5.69 Å². The summed E-state index contributed by atoms with van der Waals surface area (Å²) in [5.41, 5.74) is 2.36. The van der Waals surface area contributed by atoms with Gasteiger partial charge in [-0.15, -0.1) is 0 Å². The average molecular weight is 362 g/mol. The van der Waals surface area contributed by atoms with Gasteiger partial charge in [-0.25, -0.2) is 4.98 Å². The molecule has 3 aromatic rings. The lowest BCUT2D eigenvalue weighted by Crippen LogP contribution is -2.39. The highest BCUT2D eigenvalue weighted by atomic mass is 16.2. The molecule has 2 heterocycles. The van der Waals surface area contributed by atoms with Crippen molar-refractivity contribution in [3.63, 3.8) is 0 Å². The van der Waals surface area contributed by atoms with Gasteiger partial charge in [-0.05, 0) is 6.07 Å². The molecule has 2 aromatic heterocycles. The quantitative estimate of drug-likeness (QED) is 0.501. The van der Waals surface area contributed by atoms with Crippen molar-refractivity contribution in [2.45, 2.75) is 0 Å². The number of hydrogen-bond acceptors (Lipinski definition) is 5. The van der Waals surface area contributed by atoms with Gasteiger partial charge in [0.15, 0.2) is 0 Å². The van der Waals surface area contributed by atoms with Crippen molar-refractivity contribution in [3.8, 4) is 11.3 Å². The molecule has 0 radical (unpaired) electrons. The summed E-state index contributed by atoms with van der Waals surface area (Å²) in [6.07, 6.45) is 4.40. The maximum atomic E-state index is 12.2. The van der Waals surface area contributed by atoms with E-state index in [1.807, 2.05) is 40.9 Å². The van der Waals surface area contributed by atoms with Gasteiger partial charge in [-0.1, -0.05) is 30.3 Å².